The van der Waals surface area contributed by atoms with Gasteiger partial charge in [-0.3, -0.25) is 4.79 Å². The summed E-state index contributed by atoms with van der Waals surface area (Å²) in [6.07, 6.45) is 6.93. The Morgan fingerprint density at radius 1 is 1.00 bits per heavy atom. The molecule has 0 atom stereocenters. The molecule has 0 saturated heterocycles. The fourth-order valence-corrected chi connectivity index (χ4v) is 3.96. The molecule has 0 aliphatic heterocycles. The number of methoxy groups -OCH3 is 1. The SMILES string of the molecule is COc1ccc(/C=C/C(=O)c2ccc(Br)cc2)cc1COc1ccc2c(c1)CCC2. The fraction of sp³-hybridized carbons (Fsp3) is 0.192. The second-order valence-corrected chi connectivity index (χ2v) is 8.26. The second-order valence-electron chi connectivity index (χ2n) is 7.35. The van der Waals surface area contributed by atoms with Gasteiger partial charge in [-0.15, -0.1) is 0 Å². The van der Waals surface area contributed by atoms with E-state index in [2.05, 4.69) is 28.1 Å². The van der Waals surface area contributed by atoms with Crippen LogP contribution in [0.25, 0.3) is 6.08 Å². The summed E-state index contributed by atoms with van der Waals surface area (Å²) in [5.41, 5.74) is 5.35. The monoisotopic (exact) mass is 462 g/mol. The highest BCUT2D eigenvalue weighted by Crippen LogP contribution is 2.28. The normalized spacial score (nSPS) is 12.7. The molecule has 0 radical (unpaired) electrons. The molecule has 0 N–H and O–H groups in total. The van der Waals surface area contributed by atoms with E-state index >= 15 is 0 Å². The summed E-state index contributed by atoms with van der Waals surface area (Å²) in [6, 6.07) is 19.5. The van der Waals surface area contributed by atoms with Crippen molar-refractivity contribution in [2.45, 2.75) is 25.9 Å². The van der Waals surface area contributed by atoms with Gasteiger partial charge in [0, 0.05) is 15.6 Å². The molecule has 3 aromatic rings. The summed E-state index contributed by atoms with van der Waals surface area (Å²) in [6.45, 7) is 0.407. The average molecular weight is 463 g/mol. The van der Waals surface area contributed by atoms with Gasteiger partial charge in [-0.25, -0.2) is 0 Å². The van der Waals surface area contributed by atoms with Gasteiger partial charge in [0.05, 0.1) is 7.11 Å². The first-order valence-electron chi connectivity index (χ1n) is 10.0. The van der Waals surface area contributed by atoms with Crippen molar-refractivity contribution in [2.24, 2.45) is 0 Å². The van der Waals surface area contributed by atoms with E-state index in [4.69, 9.17) is 9.47 Å². The number of fused-ring (bicyclic) bond motifs is 1. The van der Waals surface area contributed by atoms with Crippen molar-refractivity contribution in [3.63, 3.8) is 0 Å². The first kappa shape index (κ1) is 20.4. The maximum atomic E-state index is 12.4. The number of carbonyl (C=O) groups excluding carboxylic acids is 1. The van der Waals surface area contributed by atoms with E-state index in [9.17, 15) is 4.79 Å². The number of hydrogen-bond acceptors (Lipinski definition) is 3. The van der Waals surface area contributed by atoms with Crippen LogP contribution in [0.15, 0.2) is 71.2 Å². The van der Waals surface area contributed by atoms with Crippen LogP contribution in [0.4, 0.5) is 0 Å². The molecule has 0 aromatic heterocycles. The molecule has 0 unspecified atom stereocenters. The molecule has 3 aromatic carbocycles. The Labute approximate surface area is 185 Å². The predicted octanol–water partition coefficient (Wildman–Crippen LogP) is 6.42. The molecule has 0 saturated carbocycles. The van der Waals surface area contributed by atoms with Crippen molar-refractivity contribution in [2.75, 3.05) is 7.11 Å². The lowest BCUT2D eigenvalue weighted by molar-refractivity contribution is 0.104. The Kier molecular flexibility index (Phi) is 6.34. The van der Waals surface area contributed by atoms with Crippen molar-refractivity contribution in [1.29, 1.82) is 0 Å². The molecule has 4 rings (SSSR count). The third kappa shape index (κ3) is 4.82. The van der Waals surface area contributed by atoms with Crippen molar-refractivity contribution >= 4 is 27.8 Å². The third-order valence-electron chi connectivity index (χ3n) is 5.32. The van der Waals surface area contributed by atoms with Crippen LogP contribution in [0.3, 0.4) is 0 Å². The molecule has 0 spiro atoms. The van der Waals surface area contributed by atoms with E-state index in [1.54, 1.807) is 25.3 Å². The van der Waals surface area contributed by atoms with Crippen molar-refractivity contribution in [3.05, 3.63) is 99.0 Å². The Hall–Kier alpha value is -2.85. The minimum Gasteiger partial charge on any atom is -0.496 e. The number of ketones is 1. The minimum absolute atomic E-state index is 0.0331. The molecule has 30 heavy (non-hydrogen) atoms. The topological polar surface area (TPSA) is 35.5 Å². The van der Waals surface area contributed by atoms with Crippen LogP contribution >= 0.6 is 15.9 Å². The van der Waals surface area contributed by atoms with Gasteiger partial charge in [-0.2, -0.15) is 0 Å². The Balaban J connectivity index is 1.47. The zero-order valence-corrected chi connectivity index (χ0v) is 18.4. The largest absolute Gasteiger partial charge is 0.496 e. The van der Waals surface area contributed by atoms with Gasteiger partial charge in [-0.1, -0.05) is 34.1 Å². The molecule has 0 fully saturated rings. The molecule has 3 nitrogen and oxygen atoms in total. The average Bonchev–Trinajstić information content (AvgIpc) is 3.24. The highest BCUT2D eigenvalue weighted by Gasteiger charge is 2.12. The Morgan fingerprint density at radius 2 is 1.80 bits per heavy atom. The lowest BCUT2D eigenvalue weighted by Gasteiger charge is -2.12. The van der Waals surface area contributed by atoms with Crippen molar-refractivity contribution < 1.29 is 14.3 Å². The van der Waals surface area contributed by atoms with Crippen LogP contribution in [0.1, 0.15) is 39.0 Å². The van der Waals surface area contributed by atoms with E-state index in [0.717, 1.165) is 39.9 Å². The van der Waals surface area contributed by atoms with Crippen LogP contribution in [-0.2, 0) is 19.4 Å². The molecule has 0 amide bonds. The number of carbonyl (C=O) groups is 1. The summed E-state index contributed by atoms with van der Waals surface area (Å²) < 4.78 is 12.5. The van der Waals surface area contributed by atoms with Crippen LogP contribution in [-0.4, -0.2) is 12.9 Å². The van der Waals surface area contributed by atoms with E-state index < -0.39 is 0 Å². The first-order valence-corrected chi connectivity index (χ1v) is 10.8. The second kappa shape index (κ2) is 9.31. The number of hydrogen-bond donors (Lipinski definition) is 0. The standard InChI is InChI=1S/C26H23BrO3/c1-29-26-14-6-18(5-13-25(28)20-7-10-23(27)11-8-20)15-22(26)17-30-24-12-9-19-3-2-4-21(19)16-24/h5-16H,2-4,17H2,1H3/b13-5+. The molecule has 4 heteroatoms. The third-order valence-corrected chi connectivity index (χ3v) is 5.85. The van der Waals surface area contributed by atoms with Gasteiger partial charge in [0.25, 0.3) is 0 Å². The number of benzene rings is 3. The Morgan fingerprint density at radius 3 is 2.60 bits per heavy atom. The van der Waals surface area contributed by atoms with Gasteiger partial charge >= 0.3 is 0 Å². The quantitative estimate of drug-likeness (QED) is 0.300. The summed E-state index contributed by atoms with van der Waals surface area (Å²) in [5.74, 6) is 1.62. The van der Waals surface area contributed by atoms with E-state index in [0.29, 0.717) is 12.2 Å². The number of rotatable bonds is 7. The summed E-state index contributed by atoms with van der Waals surface area (Å²) in [5, 5.41) is 0. The van der Waals surface area contributed by atoms with E-state index in [1.807, 2.05) is 42.5 Å². The highest BCUT2D eigenvalue weighted by atomic mass is 79.9. The number of allylic oxidation sites excluding steroid dienone is 1. The number of ether oxygens (including phenoxy) is 2. The number of halogens is 1. The molecular weight excluding hydrogens is 440 g/mol. The lowest BCUT2D eigenvalue weighted by Crippen LogP contribution is -2.00. The molecule has 152 valence electrons. The van der Waals surface area contributed by atoms with Crippen molar-refractivity contribution in [1.82, 2.24) is 0 Å². The summed E-state index contributed by atoms with van der Waals surface area (Å²) in [4.78, 5) is 12.4. The zero-order valence-electron chi connectivity index (χ0n) is 16.9. The number of aryl methyl sites for hydroxylation is 2. The molecule has 1 aliphatic rings. The molecule has 0 heterocycles. The molecular formula is C26H23BrO3. The fourth-order valence-electron chi connectivity index (χ4n) is 3.70. The van der Waals surface area contributed by atoms with Crippen LogP contribution < -0.4 is 9.47 Å². The Bertz CT molecular complexity index is 1080. The maximum Gasteiger partial charge on any atom is 0.185 e. The van der Waals surface area contributed by atoms with Gasteiger partial charge < -0.3 is 9.47 Å². The maximum absolute atomic E-state index is 12.4. The van der Waals surface area contributed by atoms with Crippen molar-refractivity contribution in [3.8, 4) is 11.5 Å². The zero-order chi connectivity index (χ0) is 20.9. The smallest absolute Gasteiger partial charge is 0.185 e. The predicted molar refractivity (Wildman–Crippen MR) is 123 cm³/mol. The molecule has 0 bridgehead atoms. The van der Waals surface area contributed by atoms with Crippen LogP contribution in [0.5, 0.6) is 11.5 Å². The van der Waals surface area contributed by atoms with Crippen LogP contribution in [0, 0.1) is 0 Å². The summed E-state index contributed by atoms with van der Waals surface area (Å²) >= 11 is 3.38. The summed E-state index contributed by atoms with van der Waals surface area (Å²) in [7, 11) is 1.65. The lowest BCUT2D eigenvalue weighted by atomic mass is 10.1. The van der Waals surface area contributed by atoms with Gasteiger partial charge in [0.15, 0.2) is 5.78 Å². The van der Waals surface area contributed by atoms with Gasteiger partial charge in [0.2, 0.25) is 0 Å². The molecule has 1 aliphatic carbocycles. The first-order chi connectivity index (χ1) is 14.6. The van der Waals surface area contributed by atoms with Crippen LogP contribution in [0.2, 0.25) is 0 Å². The van der Waals surface area contributed by atoms with E-state index in [1.165, 1.54) is 17.5 Å². The van der Waals surface area contributed by atoms with Gasteiger partial charge in [0.1, 0.15) is 18.1 Å². The van der Waals surface area contributed by atoms with E-state index in [-0.39, 0.29) is 5.78 Å². The highest BCUT2D eigenvalue weighted by molar-refractivity contribution is 9.10. The minimum atomic E-state index is -0.0331. The van der Waals surface area contributed by atoms with Gasteiger partial charge in [-0.05, 0) is 90.6 Å².